The van der Waals surface area contributed by atoms with E-state index < -0.39 is 11.4 Å². The van der Waals surface area contributed by atoms with E-state index in [9.17, 15) is 14.7 Å². The van der Waals surface area contributed by atoms with Gasteiger partial charge in [0.15, 0.2) is 0 Å². The van der Waals surface area contributed by atoms with Crippen LogP contribution >= 0.6 is 0 Å². The van der Waals surface area contributed by atoms with Gasteiger partial charge in [0.1, 0.15) is 5.82 Å². The molecular weight excluding hydrogens is 306 g/mol. The highest BCUT2D eigenvalue weighted by molar-refractivity contribution is 5.95. The maximum Gasteiger partial charge on any atom is 0.311 e. The smallest absolute Gasteiger partial charge is 0.311 e. The monoisotopic (exact) mass is 329 g/mol. The van der Waals surface area contributed by atoms with Gasteiger partial charge in [-0.15, -0.1) is 0 Å². The highest BCUT2D eigenvalue weighted by atomic mass is 16.4. The van der Waals surface area contributed by atoms with Crippen LogP contribution in [0.3, 0.4) is 0 Å². The van der Waals surface area contributed by atoms with Crippen LogP contribution in [0.2, 0.25) is 0 Å². The van der Waals surface area contributed by atoms with E-state index in [0.29, 0.717) is 30.9 Å². The van der Waals surface area contributed by atoms with E-state index >= 15 is 0 Å². The van der Waals surface area contributed by atoms with Gasteiger partial charge in [-0.05, 0) is 32.1 Å². The van der Waals surface area contributed by atoms with Gasteiger partial charge in [0.05, 0.1) is 11.0 Å². The van der Waals surface area contributed by atoms with E-state index in [-0.39, 0.29) is 11.9 Å². The normalized spacial score (nSPS) is 29.8. The van der Waals surface area contributed by atoms with Gasteiger partial charge in [-0.2, -0.15) is 0 Å². The number of carboxylic acid groups (broad SMARTS) is 1. The van der Waals surface area contributed by atoms with Crippen LogP contribution in [-0.4, -0.2) is 44.4 Å². The summed E-state index contributed by atoms with van der Waals surface area (Å²) in [6.45, 7) is 0.514. The standard InChI is InChI=1S/C18H23N3O3/c22-16(13-10-19-15(20-11-13)12-5-6-12)21-9-8-18(17(23)24)7-3-1-2-4-14(18)21/h10-12,14H,1-9H2,(H,23,24)/t14-,18+/m0/s1. The summed E-state index contributed by atoms with van der Waals surface area (Å²) in [6, 6.07) is -0.201. The molecule has 3 aliphatic rings. The first-order chi connectivity index (χ1) is 11.6. The number of amides is 1. The number of nitrogens with zero attached hydrogens (tertiary/aromatic N) is 3. The van der Waals surface area contributed by atoms with Gasteiger partial charge >= 0.3 is 5.97 Å². The molecule has 1 aromatic heterocycles. The first kappa shape index (κ1) is 15.5. The molecule has 1 saturated heterocycles. The van der Waals surface area contributed by atoms with E-state index in [1.807, 2.05) is 0 Å². The maximum absolute atomic E-state index is 12.9. The van der Waals surface area contributed by atoms with Crippen molar-refractivity contribution in [2.24, 2.45) is 5.41 Å². The fourth-order valence-electron chi connectivity index (χ4n) is 4.39. The maximum atomic E-state index is 12.9. The molecule has 6 heteroatoms. The van der Waals surface area contributed by atoms with Crippen LogP contribution in [0, 0.1) is 5.41 Å². The average molecular weight is 329 g/mol. The molecule has 0 unspecified atom stereocenters. The highest BCUT2D eigenvalue weighted by Gasteiger charge is 2.54. The van der Waals surface area contributed by atoms with Gasteiger partial charge in [-0.25, -0.2) is 9.97 Å². The lowest BCUT2D eigenvalue weighted by atomic mass is 9.76. The summed E-state index contributed by atoms with van der Waals surface area (Å²) in [6.07, 6.45) is 10.5. The molecule has 1 aromatic rings. The van der Waals surface area contributed by atoms with Gasteiger partial charge in [0.25, 0.3) is 5.91 Å². The topological polar surface area (TPSA) is 83.4 Å². The van der Waals surface area contributed by atoms with Crippen LogP contribution in [0.5, 0.6) is 0 Å². The molecule has 2 saturated carbocycles. The summed E-state index contributed by atoms with van der Waals surface area (Å²) in [5.41, 5.74) is -0.286. The molecule has 2 aliphatic carbocycles. The molecule has 1 aliphatic heterocycles. The van der Waals surface area contributed by atoms with E-state index in [1.165, 1.54) is 0 Å². The van der Waals surface area contributed by atoms with Gasteiger partial charge in [-0.3, -0.25) is 9.59 Å². The first-order valence-electron chi connectivity index (χ1n) is 8.98. The van der Waals surface area contributed by atoms with E-state index in [1.54, 1.807) is 17.3 Å². The number of fused-ring (bicyclic) bond motifs is 1. The summed E-state index contributed by atoms with van der Waals surface area (Å²) in [7, 11) is 0. The number of carboxylic acids is 1. The highest BCUT2D eigenvalue weighted by Crippen LogP contribution is 2.46. The molecule has 0 bridgehead atoms. The van der Waals surface area contributed by atoms with E-state index in [4.69, 9.17) is 0 Å². The zero-order valence-corrected chi connectivity index (χ0v) is 13.8. The van der Waals surface area contributed by atoms with Crippen molar-refractivity contribution in [2.45, 2.75) is 63.3 Å². The van der Waals surface area contributed by atoms with Gasteiger partial charge in [0.2, 0.25) is 0 Å². The van der Waals surface area contributed by atoms with E-state index in [2.05, 4.69) is 9.97 Å². The number of aromatic nitrogens is 2. The molecule has 0 spiro atoms. The van der Waals surface area contributed by atoms with Crippen molar-refractivity contribution in [1.29, 1.82) is 0 Å². The van der Waals surface area contributed by atoms with Crippen LogP contribution in [0.1, 0.15) is 73.5 Å². The Bertz CT molecular complexity index is 656. The number of carbonyl (C=O) groups is 2. The zero-order chi connectivity index (χ0) is 16.7. The van der Waals surface area contributed by atoms with Crippen molar-refractivity contribution in [3.05, 3.63) is 23.8 Å². The number of rotatable bonds is 3. The third kappa shape index (κ3) is 2.48. The molecule has 4 rings (SSSR count). The lowest BCUT2D eigenvalue weighted by molar-refractivity contribution is -0.150. The summed E-state index contributed by atoms with van der Waals surface area (Å²) in [5.74, 6) is 0.419. The quantitative estimate of drug-likeness (QED) is 0.921. The molecule has 24 heavy (non-hydrogen) atoms. The molecule has 6 nitrogen and oxygen atoms in total. The largest absolute Gasteiger partial charge is 0.481 e. The van der Waals surface area contributed by atoms with Crippen molar-refractivity contribution >= 4 is 11.9 Å². The van der Waals surface area contributed by atoms with Crippen LogP contribution in [-0.2, 0) is 4.79 Å². The van der Waals surface area contributed by atoms with Crippen LogP contribution in [0.25, 0.3) is 0 Å². The summed E-state index contributed by atoms with van der Waals surface area (Å²) < 4.78 is 0. The third-order valence-corrected chi connectivity index (χ3v) is 5.96. The lowest BCUT2D eigenvalue weighted by Crippen LogP contribution is -2.46. The van der Waals surface area contributed by atoms with Crippen molar-refractivity contribution < 1.29 is 14.7 Å². The van der Waals surface area contributed by atoms with Crippen molar-refractivity contribution in [1.82, 2.24) is 14.9 Å². The summed E-state index contributed by atoms with van der Waals surface area (Å²) >= 11 is 0. The molecule has 0 aromatic carbocycles. The number of likely N-dealkylation sites (tertiary alicyclic amines) is 1. The second kappa shape index (κ2) is 5.83. The SMILES string of the molecule is O=C(c1cnc(C2CC2)nc1)N1CC[C@]2(C(=O)O)CCCCC[C@H]12. The summed E-state index contributed by atoms with van der Waals surface area (Å²) in [4.78, 5) is 35.3. The zero-order valence-electron chi connectivity index (χ0n) is 13.8. The average Bonchev–Trinajstić information content (AvgIpc) is 3.40. The summed E-state index contributed by atoms with van der Waals surface area (Å²) in [5, 5.41) is 9.84. The second-order valence-electron chi connectivity index (χ2n) is 7.43. The minimum Gasteiger partial charge on any atom is -0.481 e. The van der Waals surface area contributed by atoms with Crippen molar-refractivity contribution in [3.8, 4) is 0 Å². The number of carbonyl (C=O) groups excluding carboxylic acids is 1. The Kier molecular flexibility index (Phi) is 3.77. The minimum atomic E-state index is -0.763. The first-order valence-corrected chi connectivity index (χ1v) is 8.98. The number of hydrogen-bond donors (Lipinski definition) is 1. The van der Waals surface area contributed by atoms with Crippen LogP contribution < -0.4 is 0 Å². The van der Waals surface area contributed by atoms with Crippen molar-refractivity contribution in [3.63, 3.8) is 0 Å². The van der Waals surface area contributed by atoms with Gasteiger partial charge in [-0.1, -0.05) is 19.3 Å². The van der Waals surface area contributed by atoms with Crippen LogP contribution in [0.4, 0.5) is 0 Å². The molecule has 1 N–H and O–H groups in total. The Morgan fingerprint density at radius 1 is 1.08 bits per heavy atom. The molecule has 128 valence electrons. The molecule has 2 atom stereocenters. The Morgan fingerprint density at radius 3 is 2.50 bits per heavy atom. The Balaban J connectivity index is 1.58. The molecule has 3 fully saturated rings. The lowest BCUT2D eigenvalue weighted by Gasteiger charge is -2.33. The molecule has 1 amide bonds. The Morgan fingerprint density at radius 2 is 1.83 bits per heavy atom. The molecule has 2 heterocycles. The number of aliphatic carboxylic acids is 1. The predicted molar refractivity (Wildman–Crippen MR) is 86.6 cm³/mol. The Labute approximate surface area is 141 Å². The minimum absolute atomic E-state index is 0.118. The fourth-order valence-corrected chi connectivity index (χ4v) is 4.39. The third-order valence-electron chi connectivity index (χ3n) is 5.96. The van der Waals surface area contributed by atoms with Crippen LogP contribution in [0.15, 0.2) is 12.4 Å². The number of hydrogen-bond acceptors (Lipinski definition) is 4. The van der Waals surface area contributed by atoms with Gasteiger partial charge < -0.3 is 10.0 Å². The van der Waals surface area contributed by atoms with Crippen molar-refractivity contribution in [2.75, 3.05) is 6.54 Å². The predicted octanol–water partition coefficient (Wildman–Crippen LogP) is 2.60. The Hall–Kier alpha value is -1.98. The fraction of sp³-hybridized carbons (Fsp3) is 0.667. The van der Waals surface area contributed by atoms with Gasteiger partial charge in [0, 0.05) is 30.9 Å². The second-order valence-corrected chi connectivity index (χ2v) is 7.43. The molecular formula is C18H23N3O3. The van der Waals surface area contributed by atoms with E-state index in [0.717, 1.165) is 44.3 Å². The molecule has 0 radical (unpaired) electrons.